The number of likely N-dealkylation sites (N-methyl/N-ethyl adjacent to an activating group) is 1. The molecule has 0 saturated heterocycles. The smallest absolute Gasteiger partial charge is 0.255 e. The highest BCUT2D eigenvalue weighted by molar-refractivity contribution is 7.89. The summed E-state index contributed by atoms with van der Waals surface area (Å²) in [6.07, 6.45) is 2.54. The molecule has 2 aromatic carbocycles. The fourth-order valence-corrected chi connectivity index (χ4v) is 6.28. The first-order valence-corrected chi connectivity index (χ1v) is 13.7. The molecule has 1 aliphatic heterocycles. The molecule has 3 atom stereocenters. The molecule has 3 aromatic rings. The van der Waals surface area contributed by atoms with Gasteiger partial charge in [0, 0.05) is 37.9 Å². The van der Waals surface area contributed by atoms with Gasteiger partial charge in [0.25, 0.3) is 5.91 Å². The van der Waals surface area contributed by atoms with E-state index in [-0.39, 0.29) is 42.2 Å². The number of fused-ring (bicyclic) bond motifs is 1. The number of aliphatic hydroxyl groups is 1. The predicted molar refractivity (Wildman–Crippen MR) is 142 cm³/mol. The second kappa shape index (κ2) is 11.3. The molecule has 0 spiro atoms. The zero-order chi connectivity index (χ0) is 27.4. The van der Waals surface area contributed by atoms with Crippen LogP contribution < -0.4 is 4.74 Å². The van der Waals surface area contributed by atoms with Crippen molar-refractivity contribution in [3.8, 4) is 22.9 Å². The van der Waals surface area contributed by atoms with Crippen molar-refractivity contribution in [1.29, 1.82) is 5.26 Å². The van der Waals surface area contributed by atoms with Gasteiger partial charge in [-0.1, -0.05) is 25.1 Å². The number of sulfonamides is 1. The van der Waals surface area contributed by atoms with E-state index in [0.29, 0.717) is 16.7 Å². The maximum Gasteiger partial charge on any atom is 0.255 e. The summed E-state index contributed by atoms with van der Waals surface area (Å²) in [5.41, 5.74) is 2.34. The summed E-state index contributed by atoms with van der Waals surface area (Å²) in [6, 6.07) is 16.7. The van der Waals surface area contributed by atoms with Gasteiger partial charge in [0.1, 0.15) is 16.7 Å². The van der Waals surface area contributed by atoms with Crippen molar-refractivity contribution in [3.63, 3.8) is 0 Å². The summed E-state index contributed by atoms with van der Waals surface area (Å²) < 4.78 is 35.1. The molecule has 1 amide bonds. The van der Waals surface area contributed by atoms with Crippen LogP contribution in [0.3, 0.4) is 0 Å². The molecule has 1 aromatic heterocycles. The number of amides is 1. The number of pyridine rings is 1. The van der Waals surface area contributed by atoms with E-state index in [1.54, 1.807) is 62.6 Å². The van der Waals surface area contributed by atoms with Crippen molar-refractivity contribution in [1.82, 2.24) is 14.2 Å². The van der Waals surface area contributed by atoms with E-state index in [9.17, 15) is 23.6 Å². The number of nitriles is 1. The lowest BCUT2D eigenvalue weighted by atomic mass is 10.0. The Bertz CT molecular complexity index is 1460. The lowest BCUT2D eigenvalue weighted by Crippen LogP contribution is -2.50. The summed E-state index contributed by atoms with van der Waals surface area (Å²) in [6.45, 7) is 3.48. The third-order valence-corrected chi connectivity index (χ3v) is 8.72. The second-order valence-corrected chi connectivity index (χ2v) is 11.4. The monoisotopic (exact) mass is 534 g/mol. The molecule has 1 aliphatic rings. The molecule has 198 valence electrons. The molecule has 38 heavy (non-hydrogen) atoms. The number of carbonyl (C=O) groups is 1. The summed E-state index contributed by atoms with van der Waals surface area (Å²) in [4.78, 5) is 18.5. The van der Waals surface area contributed by atoms with Gasteiger partial charge in [0.2, 0.25) is 10.0 Å². The first-order chi connectivity index (χ1) is 18.1. The molecule has 0 unspecified atom stereocenters. The molecule has 4 rings (SSSR count). The van der Waals surface area contributed by atoms with E-state index < -0.39 is 22.2 Å². The SMILES string of the molecule is C[C@@H]1CN([C@H](C)CO)S(=O)(=O)c2ccc(-c3cccc(C#N)c3)cc2O[C@@H]1CN(C)C(=O)c1cccnc1. The Morgan fingerprint density at radius 1 is 1.24 bits per heavy atom. The second-order valence-electron chi connectivity index (χ2n) is 9.52. The molecule has 0 aliphatic carbocycles. The minimum absolute atomic E-state index is 0.0175. The van der Waals surface area contributed by atoms with Crippen LogP contribution in [0.25, 0.3) is 11.1 Å². The molecule has 2 heterocycles. The molecular formula is C28H30N4O5S. The van der Waals surface area contributed by atoms with Gasteiger partial charge in [-0.3, -0.25) is 9.78 Å². The molecule has 0 saturated carbocycles. The minimum atomic E-state index is -4.00. The van der Waals surface area contributed by atoms with Gasteiger partial charge in [-0.15, -0.1) is 0 Å². The average molecular weight is 535 g/mol. The molecule has 9 nitrogen and oxygen atoms in total. The number of hydrogen-bond donors (Lipinski definition) is 1. The van der Waals surface area contributed by atoms with Gasteiger partial charge < -0.3 is 14.7 Å². The summed E-state index contributed by atoms with van der Waals surface area (Å²) in [7, 11) is -2.34. The molecule has 1 N–H and O–H groups in total. The normalized spacial score (nSPS) is 19.7. The molecule has 0 fully saturated rings. The van der Waals surface area contributed by atoms with Crippen molar-refractivity contribution in [2.45, 2.75) is 30.9 Å². The number of carbonyl (C=O) groups excluding carboxylic acids is 1. The van der Waals surface area contributed by atoms with Gasteiger partial charge >= 0.3 is 0 Å². The molecular weight excluding hydrogens is 504 g/mol. The first kappa shape index (κ1) is 27.3. The maximum atomic E-state index is 13.7. The number of rotatable bonds is 6. The number of hydrogen-bond acceptors (Lipinski definition) is 7. The predicted octanol–water partition coefficient (Wildman–Crippen LogP) is 3.16. The lowest BCUT2D eigenvalue weighted by molar-refractivity contribution is 0.0563. The third kappa shape index (κ3) is 5.55. The quantitative estimate of drug-likeness (QED) is 0.515. The van der Waals surface area contributed by atoms with Crippen LogP contribution in [0.2, 0.25) is 0 Å². The van der Waals surface area contributed by atoms with Gasteiger partial charge in [-0.25, -0.2) is 8.42 Å². The Balaban J connectivity index is 1.76. The van der Waals surface area contributed by atoms with E-state index in [2.05, 4.69) is 11.1 Å². The van der Waals surface area contributed by atoms with Crippen LogP contribution in [0.1, 0.15) is 29.8 Å². The van der Waals surface area contributed by atoms with Crippen molar-refractivity contribution in [2.75, 3.05) is 26.7 Å². The van der Waals surface area contributed by atoms with Gasteiger partial charge in [-0.05, 0) is 54.4 Å². The fourth-order valence-electron chi connectivity index (χ4n) is 4.45. The van der Waals surface area contributed by atoms with Crippen LogP contribution in [0, 0.1) is 17.2 Å². The lowest BCUT2D eigenvalue weighted by Gasteiger charge is -2.37. The number of ether oxygens (including phenoxy) is 1. The number of aromatic nitrogens is 1. The fraction of sp³-hybridized carbons (Fsp3) is 0.321. The standard InChI is InChI=1S/C28H30N4O5S/c1-19-16-32(20(2)18-33)38(35,36)27-10-9-23(22-7-4-6-21(12-22)14-29)13-25(27)37-26(19)17-31(3)28(34)24-8-5-11-30-15-24/h4-13,15,19-20,26,33H,16-18H2,1-3H3/t19-,20-,26-/m1/s1. The van der Waals surface area contributed by atoms with E-state index in [1.807, 2.05) is 13.0 Å². The van der Waals surface area contributed by atoms with Crippen LogP contribution in [0.5, 0.6) is 5.75 Å². The van der Waals surface area contributed by atoms with Crippen LogP contribution >= 0.6 is 0 Å². The van der Waals surface area contributed by atoms with E-state index in [4.69, 9.17) is 4.74 Å². The Labute approximate surface area is 223 Å². The van der Waals surface area contributed by atoms with Crippen LogP contribution in [0.15, 0.2) is 71.9 Å². The number of aliphatic hydroxyl groups excluding tert-OH is 1. The molecule has 0 bridgehead atoms. The van der Waals surface area contributed by atoms with E-state index in [1.165, 1.54) is 21.5 Å². The highest BCUT2D eigenvalue weighted by atomic mass is 32.2. The zero-order valence-electron chi connectivity index (χ0n) is 21.5. The summed E-state index contributed by atoms with van der Waals surface area (Å²) in [5.74, 6) is -0.396. The average Bonchev–Trinajstić information content (AvgIpc) is 2.94. The largest absolute Gasteiger partial charge is 0.487 e. The summed E-state index contributed by atoms with van der Waals surface area (Å²) >= 11 is 0. The highest BCUT2D eigenvalue weighted by Gasteiger charge is 2.38. The third-order valence-electron chi connectivity index (χ3n) is 6.70. The topological polar surface area (TPSA) is 124 Å². The van der Waals surface area contributed by atoms with Gasteiger partial charge in [0.05, 0.1) is 30.3 Å². The Hall–Kier alpha value is -3.78. The van der Waals surface area contributed by atoms with Crippen LogP contribution in [0.4, 0.5) is 0 Å². The van der Waals surface area contributed by atoms with Crippen molar-refractivity contribution >= 4 is 15.9 Å². The Kier molecular flexibility index (Phi) is 8.11. The van der Waals surface area contributed by atoms with Crippen LogP contribution in [-0.4, -0.2) is 72.5 Å². The van der Waals surface area contributed by atoms with Crippen LogP contribution in [-0.2, 0) is 10.0 Å². The molecule has 0 radical (unpaired) electrons. The number of nitrogens with zero attached hydrogens (tertiary/aromatic N) is 4. The van der Waals surface area contributed by atoms with Gasteiger partial charge in [0.15, 0.2) is 0 Å². The Morgan fingerprint density at radius 2 is 2.00 bits per heavy atom. The highest BCUT2D eigenvalue weighted by Crippen LogP contribution is 2.36. The van der Waals surface area contributed by atoms with Crippen molar-refractivity contribution in [3.05, 3.63) is 78.1 Å². The minimum Gasteiger partial charge on any atom is -0.487 e. The van der Waals surface area contributed by atoms with Crippen molar-refractivity contribution in [2.24, 2.45) is 5.92 Å². The zero-order valence-corrected chi connectivity index (χ0v) is 22.3. The summed E-state index contributed by atoms with van der Waals surface area (Å²) in [5, 5.41) is 19.1. The Morgan fingerprint density at radius 3 is 2.68 bits per heavy atom. The molecule has 10 heteroatoms. The first-order valence-electron chi connectivity index (χ1n) is 12.2. The number of benzene rings is 2. The maximum absolute atomic E-state index is 13.7. The van der Waals surface area contributed by atoms with E-state index in [0.717, 1.165) is 5.56 Å². The van der Waals surface area contributed by atoms with E-state index >= 15 is 0 Å². The van der Waals surface area contributed by atoms with Gasteiger partial charge in [-0.2, -0.15) is 9.57 Å². The van der Waals surface area contributed by atoms with Crippen molar-refractivity contribution < 1.29 is 23.1 Å².